The Morgan fingerprint density at radius 1 is 1.50 bits per heavy atom. The molecule has 1 aliphatic heterocycles. The third-order valence-corrected chi connectivity index (χ3v) is 2.23. The van der Waals surface area contributed by atoms with Gasteiger partial charge in [0.1, 0.15) is 0 Å². The van der Waals surface area contributed by atoms with Gasteiger partial charge in [-0.3, -0.25) is 0 Å². The molecule has 0 aromatic carbocycles. The van der Waals surface area contributed by atoms with E-state index in [0.717, 1.165) is 19.4 Å². The Balaban J connectivity index is 2.02. The van der Waals surface area contributed by atoms with Gasteiger partial charge in [0.25, 0.3) is 0 Å². The molecule has 0 radical (unpaired) electrons. The van der Waals surface area contributed by atoms with Gasteiger partial charge in [-0.25, -0.2) is 0 Å². The highest BCUT2D eigenvalue weighted by atomic mass is 16.5. The quantitative estimate of drug-likeness (QED) is 0.486. The Morgan fingerprint density at radius 2 is 2.38 bits per heavy atom. The van der Waals surface area contributed by atoms with E-state index in [0.29, 0.717) is 12.0 Å². The first-order chi connectivity index (χ1) is 3.88. The first-order valence-electron chi connectivity index (χ1n) is 3.17. The van der Waals surface area contributed by atoms with Gasteiger partial charge in [-0.15, -0.1) is 0 Å². The molecule has 46 valence electrons. The van der Waals surface area contributed by atoms with Crippen LogP contribution < -0.4 is 0 Å². The molecule has 3 atom stereocenters. The number of hydrogen-bond donors (Lipinski definition) is 1. The highest BCUT2D eigenvalue weighted by molar-refractivity contribution is 4.93. The van der Waals surface area contributed by atoms with E-state index in [1.165, 1.54) is 0 Å². The average molecular weight is 114 g/mol. The van der Waals surface area contributed by atoms with Crippen LogP contribution in [0.4, 0.5) is 0 Å². The van der Waals surface area contributed by atoms with Gasteiger partial charge in [0, 0.05) is 18.9 Å². The summed E-state index contributed by atoms with van der Waals surface area (Å²) in [6.07, 6.45) is 2.34. The van der Waals surface area contributed by atoms with Crippen molar-refractivity contribution in [2.75, 3.05) is 6.61 Å². The second-order valence-corrected chi connectivity index (χ2v) is 2.66. The van der Waals surface area contributed by atoms with Crippen LogP contribution in [-0.2, 0) is 4.74 Å². The van der Waals surface area contributed by atoms with Crippen molar-refractivity contribution in [1.29, 1.82) is 0 Å². The maximum Gasteiger partial charge on any atom is 0.0653 e. The highest BCUT2D eigenvalue weighted by Gasteiger charge is 2.43. The zero-order valence-electron chi connectivity index (χ0n) is 4.71. The Bertz CT molecular complexity index is 103. The normalized spacial score (nSPS) is 52.9. The predicted octanol–water partition coefficient (Wildman–Crippen LogP) is 0.156. The third-order valence-electron chi connectivity index (χ3n) is 2.23. The predicted molar refractivity (Wildman–Crippen MR) is 28.5 cm³/mol. The number of hydrogen-bond acceptors (Lipinski definition) is 2. The van der Waals surface area contributed by atoms with E-state index in [1.54, 1.807) is 0 Å². The summed E-state index contributed by atoms with van der Waals surface area (Å²) in [5, 5.41) is 9.04. The lowest BCUT2D eigenvalue weighted by Gasteiger charge is -2.34. The SMILES string of the molecule is O[C@@H]1C[C@@H]2OCC[C@H]12. The Labute approximate surface area is 48.5 Å². The lowest BCUT2D eigenvalue weighted by atomic mass is 9.79. The van der Waals surface area contributed by atoms with E-state index in [4.69, 9.17) is 9.84 Å². The average Bonchev–Trinajstić information content (AvgIpc) is 2.09. The minimum Gasteiger partial charge on any atom is -0.393 e. The van der Waals surface area contributed by atoms with Crippen LogP contribution in [0.2, 0.25) is 0 Å². The maximum absolute atomic E-state index is 9.04. The zero-order chi connectivity index (χ0) is 5.56. The van der Waals surface area contributed by atoms with Crippen LogP contribution in [0.3, 0.4) is 0 Å². The van der Waals surface area contributed by atoms with Crippen molar-refractivity contribution in [3.63, 3.8) is 0 Å². The molecule has 0 aromatic heterocycles. The van der Waals surface area contributed by atoms with Crippen molar-refractivity contribution >= 4 is 0 Å². The third kappa shape index (κ3) is 0.446. The summed E-state index contributed by atoms with van der Waals surface area (Å²) in [5.41, 5.74) is 0. The molecule has 2 rings (SSSR count). The van der Waals surface area contributed by atoms with Gasteiger partial charge >= 0.3 is 0 Å². The van der Waals surface area contributed by atoms with Crippen molar-refractivity contribution in [3.8, 4) is 0 Å². The largest absolute Gasteiger partial charge is 0.393 e. The lowest BCUT2D eigenvalue weighted by Crippen LogP contribution is -2.42. The molecular weight excluding hydrogens is 104 g/mol. The fraction of sp³-hybridized carbons (Fsp3) is 1.00. The summed E-state index contributed by atoms with van der Waals surface area (Å²) in [4.78, 5) is 0. The van der Waals surface area contributed by atoms with E-state index in [-0.39, 0.29) is 6.10 Å². The molecule has 0 unspecified atom stereocenters. The molecule has 0 bridgehead atoms. The fourth-order valence-corrected chi connectivity index (χ4v) is 1.56. The number of fused-ring (bicyclic) bond motifs is 1. The fourth-order valence-electron chi connectivity index (χ4n) is 1.56. The molecule has 1 N–H and O–H groups in total. The second kappa shape index (κ2) is 1.45. The number of rotatable bonds is 0. The monoisotopic (exact) mass is 114 g/mol. The molecule has 1 saturated carbocycles. The van der Waals surface area contributed by atoms with Crippen LogP contribution >= 0.6 is 0 Å². The number of ether oxygens (including phenoxy) is 1. The van der Waals surface area contributed by atoms with E-state index >= 15 is 0 Å². The van der Waals surface area contributed by atoms with Crippen molar-refractivity contribution < 1.29 is 9.84 Å². The standard InChI is InChI=1S/C6H10O2/c7-5-3-6-4(5)1-2-8-6/h4-7H,1-3H2/t4-,5-,6+/m1/s1. The molecule has 2 aliphatic rings. The molecule has 1 aliphatic carbocycles. The molecule has 2 fully saturated rings. The first-order valence-corrected chi connectivity index (χ1v) is 3.17. The summed E-state index contributed by atoms with van der Waals surface area (Å²) in [6, 6.07) is 0. The van der Waals surface area contributed by atoms with Gasteiger partial charge < -0.3 is 9.84 Å². The van der Waals surface area contributed by atoms with Crippen molar-refractivity contribution in [2.24, 2.45) is 5.92 Å². The molecule has 0 aromatic rings. The van der Waals surface area contributed by atoms with Gasteiger partial charge in [-0.2, -0.15) is 0 Å². The molecule has 0 amide bonds. The lowest BCUT2D eigenvalue weighted by molar-refractivity contribution is -0.0679. The van der Waals surface area contributed by atoms with E-state index in [2.05, 4.69) is 0 Å². The summed E-state index contributed by atoms with van der Waals surface area (Å²) in [7, 11) is 0. The minimum absolute atomic E-state index is 0.0394. The van der Waals surface area contributed by atoms with Crippen LogP contribution in [0.25, 0.3) is 0 Å². The summed E-state index contributed by atoms with van der Waals surface area (Å²) in [5.74, 6) is 0.495. The Morgan fingerprint density at radius 3 is 2.88 bits per heavy atom. The summed E-state index contributed by atoms with van der Waals surface area (Å²) in [6.45, 7) is 0.867. The molecule has 1 heterocycles. The van der Waals surface area contributed by atoms with Gasteiger partial charge in [-0.1, -0.05) is 0 Å². The second-order valence-electron chi connectivity index (χ2n) is 2.66. The van der Waals surface area contributed by atoms with Gasteiger partial charge in [0.2, 0.25) is 0 Å². The van der Waals surface area contributed by atoms with E-state index < -0.39 is 0 Å². The van der Waals surface area contributed by atoms with Crippen LogP contribution in [0.5, 0.6) is 0 Å². The zero-order valence-corrected chi connectivity index (χ0v) is 4.71. The number of aliphatic hydroxyl groups is 1. The molecule has 2 heteroatoms. The van der Waals surface area contributed by atoms with Crippen LogP contribution in [0.1, 0.15) is 12.8 Å². The van der Waals surface area contributed by atoms with E-state index in [1.807, 2.05) is 0 Å². The van der Waals surface area contributed by atoms with Crippen LogP contribution in [-0.4, -0.2) is 23.9 Å². The summed E-state index contributed by atoms with van der Waals surface area (Å²) >= 11 is 0. The molecular formula is C6H10O2. The van der Waals surface area contributed by atoms with Gasteiger partial charge in [0.15, 0.2) is 0 Å². The van der Waals surface area contributed by atoms with Gasteiger partial charge in [0.05, 0.1) is 12.2 Å². The van der Waals surface area contributed by atoms with Crippen LogP contribution in [0, 0.1) is 5.92 Å². The summed E-state index contributed by atoms with van der Waals surface area (Å²) < 4.78 is 5.26. The van der Waals surface area contributed by atoms with Crippen molar-refractivity contribution in [2.45, 2.75) is 25.0 Å². The van der Waals surface area contributed by atoms with Gasteiger partial charge in [-0.05, 0) is 6.42 Å². The molecule has 1 saturated heterocycles. The Kier molecular flexibility index (Phi) is 0.866. The van der Waals surface area contributed by atoms with Crippen molar-refractivity contribution in [1.82, 2.24) is 0 Å². The molecule has 8 heavy (non-hydrogen) atoms. The topological polar surface area (TPSA) is 29.5 Å². The maximum atomic E-state index is 9.04. The smallest absolute Gasteiger partial charge is 0.0653 e. The minimum atomic E-state index is -0.0394. The molecule has 0 spiro atoms. The van der Waals surface area contributed by atoms with Crippen molar-refractivity contribution in [3.05, 3.63) is 0 Å². The molecule has 2 nitrogen and oxygen atoms in total. The van der Waals surface area contributed by atoms with Crippen LogP contribution in [0.15, 0.2) is 0 Å². The Hall–Kier alpha value is -0.0800. The first kappa shape index (κ1) is 4.77. The van der Waals surface area contributed by atoms with E-state index in [9.17, 15) is 0 Å². The highest BCUT2D eigenvalue weighted by Crippen LogP contribution is 2.38. The number of aliphatic hydroxyl groups excluding tert-OH is 1.